The van der Waals surface area contributed by atoms with E-state index in [1.807, 2.05) is 36.4 Å². The van der Waals surface area contributed by atoms with Crippen LogP contribution in [-0.2, 0) is 0 Å². The zero-order valence-electron chi connectivity index (χ0n) is 20.3. The van der Waals surface area contributed by atoms with Crippen LogP contribution in [0.5, 0.6) is 0 Å². The van der Waals surface area contributed by atoms with Crippen molar-refractivity contribution >= 4 is 0 Å². The minimum absolute atomic E-state index is 1.28. The Labute approximate surface area is 215 Å². The van der Waals surface area contributed by atoms with Crippen molar-refractivity contribution in [3.63, 3.8) is 0 Å². The second-order valence-corrected chi connectivity index (χ2v) is 8.20. The molecule has 0 spiro atoms. The van der Waals surface area contributed by atoms with E-state index in [1.165, 1.54) is 33.4 Å². The van der Waals surface area contributed by atoms with Gasteiger partial charge >= 0.3 is 0 Å². The van der Waals surface area contributed by atoms with E-state index in [4.69, 9.17) is 0 Å². The molecule has 0 N–H and O–H groups in total. The van der Waals surface area contributed by atoms with E-state index in [2.05, 4.69) is 146 Å². The van der Waals surface area contributed by atoms with Crippen LogP contribution in [0.2, 0.25) is 0 Å². The summed E-state index contributed by atoms with van der Waals surface area (Å²) in [4.78, 5) is 0. The standard InChI is InChI=1S/3C12H10/c3*1-3-7-11(8-4-1)12-9-5-2-6-10-12/h3*1-10H. The lowest BCUT2D eigenvalue weighted by atomic mass is 10.1. The molecule has 0 fully saturated rings. The van der Waals surface area contributed by atoms with Crippen LogP contribution in [0.3, 0.4) is 0 Å². The molecule has 36 heavy (non-hydrogen) atoms. The Kier molecular flexibility index (Phi) is 9.43. The van der Waals surface area contributed by atoms with Crippen molar-refractivity contribution in [2.75, 3.05) is 0 Å². The van der Waals surface area contributed by atoms with Gasteiger partial charge in [0.2, 0.25) is 0 Å². The molecule has 0 heterocycles. The Hall–Kier alpha value is -4.68. The Balaban J connectivity index is 0.000000127. The number of rotatable bonds is 3. The topological polar surface area (TPSA) is 0 Å². The molecule has 6 aromatic carbocycles. The van der Waals surface area contributed by atoms with Crippen LogP contribution in [0.25, 0.3) is 33.4 Å². The summed E-state index contributed by atoms with van der Waals surface area (Å²) in [6, 6.07) is 62.3. The van der Waals surface area contributed by atoms with Gasteiger partial charge in [-0.2, -0.15) is 0 Å². The van der Waals surface area contributed by atoms with Crippen molar-refractivity contribution in [2.45, 2.75) is 0 Å². The first-order valence-electron chi connectivity index (χ1n) is 12.2. The highest BCUT2D eigenvalue weighted by atomic mass is 14.0. The molecule has 0 saturated heterocycles. The largest absolute Gasteiger partial charge is 0.0622 e. The smallest absolute Gasteiger partial charge is 0.0184 e. The Morgan fingerprint density at radius 2 is 0.250 bits per heavy atom. The Bertz CT molecular complexity index is 1070. The van der Waals surface area contributed by atoms with Crippen LogP contribution in [0.4, 0.5) is 0 Å². The molecule has 6 aromatic rings. The Morgan fingerprint density at radius 3 is 0.361 bits per heavy atom. The molecule has 0 nitrogen and oxygen atoms in total. The van der Waals surface area contributed by atoms with E-state index < -0.39 is 0 Å². The monoisotopic (exact) mass is 462 g/mol. The van der Waals surface area contributed by atoms with Crippen molar-refractivity contribution < 1.29 is 0 Å². The van der Waals surface area contributed by atoms with Gasteiger partial charge in [0.15, 0.2) is 0 Å². The Morgan fingerprint density at radius 1 is 0.139 bits per heavy atom. The number of benzene rings is 6. The molecule has 0 aliphatic carbocycles. The average Bonchev–Trinajstić information content (AvgIpc) is 3.01. The summed E-state index contributed by atoms with van der Waals surface area (Å²) < 4.78 is 0. The molecular formula is C36H30. The average molecular weight is 463 g/mol. The van der Waals surface area contributed by atoms with Gasteiger partial charge in [-0.25, -0.2) is 0 Å². The van der Waals surface area contributed by atoms with Crippen molar-refractivity contribution in [2.24, 2.45) is 0 Å². The third-order valence-electron chi connectivity index (χ3n) is 5.64. The van der Waals surface area contributed by atoms with Crippen LogP contribution in [-0.4, -0.2) is 0 Å². The third-order valence-corrected chi connectivity index (χ3v) is 5.64. The van der Waals surface area contributed by atoms with E-state index in [0.29, 0.717) is 0 Å². The summed E-state index contributed by atoms with van der Waals surface area (Å²) in [5.41, 5.74) is 7.66. The first kappa shape index (κ1) is 24.4. The molecular weight excluding hydrogens is 432 g/mol. The summed E-state index contributed by atoms with van der Waals surface area (Å²) in [7, 11) is 0. The predicted molar refractivity (Wildman–Crippen MR) is 156 cm³/mol. The SMILES string of the molecule is c1ccc(-c2ccccc2)cc1.c1ccc(-c2ccccc2)cc1.c1ccc(-c2ccccc2)cc1. The molecule has 0 bridgehead atoms. The van der Waals surface area contributed by atoms with Crippen molar-refractivity contribution in [1.82, 2.24) is 0 Å². The van der Waals surface area contributed by atoms with Crippen molar-refractivity contribution in [1.29, 1.82) is 0 Å². The lowest BCUT2D eigenvalue weighted by Gasteiger charge is -1.98. The van der Waals surface area contributed by atoms with Crippen LogP contribution in [0.15, 0.2) is 182 Å². The minimum Gasteiger partial charge on any atom is -0.0622 e. The molecule has 0 heteroatoms. The van der Waals surface area contributed by atoms with Gasteiger partial charge in [-0.1, -0.05) is 182 Å². The maximum atomic E-state index is 2.12. The summed E-state index contributed by atoms with van der Waals surface area (Å²) in [5.74, 6) is 0. The molecule has 174 valence electrons. The third kappa shape index (κ3) is 7.68. The zero-order chi connectivity index (χ0) is 24.7. The molecule has 0 aliphatic rings. The molecule has 0 radical (unpaired) electrons. The minimum atomic E-state index is 1.28. The fraction of sp³-hybridized carbons (Fsp3) is 0. The van der Waals surface area contributed by atoms with E-state index in [1.54, 1.807) is 0 Å². The van der Waals surface area contributed by atoms with Gasteiger partial charge in [0, 0.05) is 0 Å². The van der Waals surface area contributed by atoms with Gasteiger partial charge in [0.05, 0.1) is 0 Å². The van der Waals surface area contributed by atoms with Crippen LogP contribution in [0, 0.1) is 0 Å². The highest BCUT2D eigenvalue weighted by molar-refractivity contribution is 5.64. The van der Waals surface area contributed by atoms with E-state index in [0.717, 1.165) is 0 Å². The summed E-state index contributed by atoms with van der Waals surface area (Å²) in [6.45, 7) is 0. The number of hydrogen-bond donors (Lipinski definition) is 0. The van der Waals surface area contributed by atoms with Crippen molar-refractivity contribution in [3.05, 3.63) is 182 Å². The van der Waals surface area contributed by atoms with Gasteiger partial charge in [0.1, 0.15) is 0 Å². The zero-order valence-corrected chi connectivity index (χ0v) is 20.3. The normalized spacial score (nSPS) is 9.67. The summed E-state index contributed by atoms with van der Waals surface area (Å²) >= 11 is 0. The number of hydrogen-bond acceptors (Lipinski definition) is 0. The van der Waals surface area contributed by atoms with Gasteiger partial charge in [-0.3, -0.25) is 0 Å². The van der Waals surface area contributed by atoms with E-state index in [-0.39, 0.29) is 0 Å². The summed E-state index contributed by atoms with van der Waals surface area (Å²) in [5, 5.41) is 0. The first-order chi connectivity index (χ1) is 17.9. The lowest BCUT2D eigenvalue weighted by molar-refractivity contribution is 1.62. The quantitative estimate of drug-likeness (QED) is 0.245. The first-order valence-corrected chi connectivity index (χ1v) is 12.2. The molecule has 0 unspecified atom stereocenters. The van der Waals surface area contributed by atoms with E-state index in [9.17, 15) is 0 Å². The van der Waals surface area contributed by atoms with Crippen molar-refractivity contribution in [3.8, 4) is 33.4 Å². The summed E-state index contributed by atoms with van der Waals surface area (Å²) in [6.07, 6.45) is 0. The molecule has 0 atom stereocenters. The molecule has 0 aliphatic heterocycles. The highest BCUT2D eigenvalue weighted by Crippen LogP contribution is 2.19. The maximum absolute atomic E-state index is 2.12. The van der Waals surface area contributed by atoms with Gasteiger partial charge in [0.25, 0.3) is 0 Å². The van der Waals surface area contributed by atoms with Gasteiger partial charge in [-0.15, -0.1) is 0 Å². The highest BCUT2D eigenvalue weighted by Gasteiger charge is 1.93. The second-order valence-electron chi connectivity index (χ2n) is 8.20. The van der Waals surface area contributed by atoms with Crippen LogP contribution < -0.4 is 0 Å². The van der Waals surface area contributed by atoms with Gasteiger partial charge in [-0.05, 0) is 33.4 Å². The molecule has 6 rings (SSSR count). The molecule has 0 saturated carbocycles. The van der Waals surface area contributed by atoms with Crippen LogP contribution in [0.1, 0.15) is 0 Å². The van der Waals surface area contributed by atoms with E-state index >= 15 is 0 Å². The molecule has 0 amide bonds. The predicted octanol–water partition coefficient (Wildman–Crippen LogP) is 10.1. The van der Waals surface area contributed by atoms with Gasteiger partial charge < -0.3 is 0 Å². The van der Waals surface area contributed by atoms with Crippen LogP contribution >= 0.6 is 0 Å². The maximum Gasteiger partial charge on any atom is -0.0184 e. The lowest BCUT2D eigenvalue weighted by Crippen LogP contribution is -1.73. The molecule has 0 aromatic heterocycles. The second kappa shape index (κ2) is 13.9. The fourth-order valence-corrected chi connectivity index (χ4v) is 3.78. The fourth-order valence-electron chi connectivity index (χ4n) is 3.78.